The maximum Gasteiger partial charge on any atom is 0.303 e. The summed E-state index contributed by atoms with van der Waals surface area (Å²) in [6.07, 6.45) is -0.410. The van der Waals surface area contributed by atoms with Crippen molar-refractivity contribution < 1.29 is 9.53 Å². The number of carbonyl (C=O) groups excluding carboxylic acids is 1. The van der Waals surface area contributed by atoms with Crippen LogP contribution in [0.3, 0.4) is 0 Å². The van der Waals surface area contributed by atoms with Gasteiger partial charge in [-0.3, -0.25) is 4.79 Å². The van der Waals surface area contributed by atoms with Crippen LogP contribution in [0, 0.1) is 0 Å². The van der Waals surface area contributed by atoms with E-state index in [-0.39, 0.29) is 5.97 Å². The van der Waals surface area contributed by atoms with Crippen molar-refractivity contribution in [3.05, 3.63) is 96.1 Å². The van der Waals surface area contributed by atoms with Gasteiger partial charge in [-0.2, -0.15) is 0 Å². The lowest BCUT2D eigenvalue weighted by Gasteiger charge is -2.19. The summed E-state index contributed by atoms with van der Waals surface area (Å²) in [5, 5.41) is 4.62. The molecule has 0 spiro atoms. The maximum atomic E-state index is 11.7. The number of hydrogen-bond donors (Lipinski definition) is 0. The molecule has 0 radical (unpaired) electrons. The molecule has 4 rings (SSSR count). The normalized spacial score (nSPS) is 11.1. The second-order valence-electron chi connectivity index (χ2n) is 6.20. The largest absolute Gasteiger partial charge is 0.453 e. The van der Waals surface area contributed by atoms with Gasteiger partial charge in [0.05, 0.1) is 0 Å². The molecule has 0 aliphatic rings. The van der Waals surface area contributed by atoms with Crippen molar-refractivity contribution in [3.8, 4) is 0 Å². The Labute approximate surface area is 146 Å². The van der Waals surface area contributed by atoms with E-state index in [1.165, 1.54) is 17.7 Å². The third kappa shape index (κ3) is 3.11. The lowest BCUT2D eigenvalue weighted by Crippen LogP contribution is -2.10. The summed E-state index contributed by atoms with van der Waals surface area (Å²) >= 11 is 0. The van der Waals surface area contributed by atoms with E-state index < -0.39 is 6.10 Å². The molecule has 0 atom stereocenters. The summed E-state index contributed by atoms with van der Waals surface area (Å²) in [4.78, 5) is 11.7. The van der Waals surface area contributed by atoms with E-state index >= 15 is 0 Å². The average molecular weight is 326 g/mol. The van der Waals surface area contributed by atoms with E-state index in [9.17, 15) is 4.79 Å². The maximum absolute atomic E-state index is 11.7. The van der Waals surface area contributed by atoms with Crippen LogP contribution >= 0.6 is 0 Å². The van der Waals surface area contributed by atoms with Gasteiger partial charge in [0.2, 0.25) is 0 Å². The molecule has 0 heterocycles. The minimum Gasteiger partial charge on any atom is -0.453 e. The van der Waals surface area contributed by atoms with Gasteiger partial charge in [-0.15, -0.1) is 0 Å². The predicted octanol–water partition coefficient (Wildman–Crippen LogP) is 5.65. The highest BCUT2D eigenvalue weighted by Crippen LogP contribution is 2.30. The Hall–Kier alpha value is -3.13. The lowest BCUT2D eigenvalue weighted by atomic mass is 9.96. The Morgan fingerprint density at radius 2 is 1.12 bits per heavy atom. The first kappa shape index (κ1) is 15.4. The Bertz CT molecular complexity index is 986. The summed E-state index contributed by atoms with van der Waals surface area (Å²) in [6.45, 7) is 1.45. The molecule has 0 saturated heterocycles. The van der Waals surface area contributed by atoms with Gasteiger partial charge < -0.3 is 4.74 Å². The number of ether oxygens (including phenoxy) is 1. The fourth-order valence-electron chi connectivity index (χ4n) is 3.24. The molecule has 0 amide bonds. The topological polar surface area (TPSA) is 26.3 Å². The second kappa shape index (κ2) is 6.40. The third-order valence-corrected chi connectivity index (χ3v) is 4.44. The highest BCUT2D eigenvalue weighted by molar-refractivity contribution is 5.85. The van der Waals surface area contributed by atoms with Gasteiger partial charge in [0.1, 0.15) is 0 Å². The van der Waals surface area contributed by atoms with Crippen LogP contribution in [0.25, 0.3) is 21.5 Å². The Kier molecular flexibility index (Phi) is 3.95. The molecule has 2 nitrogen and oxygen atoms in total. The van der Waals surface area contributed by atoms with Crippen molar-refractivity contribution in [2.24, 2.45) is 0 Å². The van der Waals surface area contributed by atoms with Crippen LogP contribution in [0.15, 0.2) is 84.9 Å². The summed E-state index contributed by atoms with van der Waals surface area (Å²) in [7, 11) is 0. The number of hydrogen-bond acceptors (Lipinski definition) is 2. The van der Waals surface area contributed by atoms with E-state index in [4.69, 9.17) is 4.74 Å². The molecule has 2 heteroatoms. The van der Waals surface area contributed by atoms with Gasteiger partial charge >= 0.3 is 5.97 Å². The SMILES string of the molecule is CC(=O)OC(c1ccc2ccccc2c1)c1ccc2ccccc2c1. The zero-order valence-electron chi connectivity index (χ0n) is 14.0. The molecule has 0 fully saturated rings. The van der Waals surface area contributed by atoms with Crippen molar-refractivity contribution in [2.45, 2.75) is 13.0 Å². The lowest BCUT2D eigenvalue weighted by molar-refractivity contribution is -0.144. The molecule has 122 valence electrons. The molecule has 0 aliphatic heterocycles. The van der Waals surface area contributed by atoms with E-state index in [0.717, 1.165) is 21.9 Å². The minimum atomic E-state index is -0.410. The van der Waals surface area contributed by atoms with Crippen molar-refractivity contribution in [1.82, 2.24) is 0 Å². The van der Waals surface area contributed by atoms with Gasteiger partial charge in [0.15, 0.2) is 6.10 Å². The monoisotopic (exact) mass is 326 g/mol. The Morgan fingerprint density at radius 3 is 1.56 bits per heavy atom. The van der Waals surface area contributed by atoms with E-state index in [2.05, 4.69) is 48.5 Å². The molecule has 0 aliphatic carbocycles. The van der Waals surface area contributed by atoms with E-state index in [1.807, 2.05) is 36.4 Å². The van der Waals surface area contributed by atoms with Crippen LogP contribution in [-0.2, 0) is 9.53 Å². The summed E-state index contributed by atoms with van der Waals surface area (Å²) in [5.41, 5.74) is 1.95. The van der Waals surface area contributed by atoms with Crippen LogP contribution in [0.2, 0.25) is 0 Å². The molecule has 4 aromatic rings. The molecule has 25 heavy (non-hydrogen) atoms. The standard InChI is InChI=1S/C23H18O2/c1-16(24)25-23(21-12-10-17-6-2-4-8-19(17)14-21)22-13-11-18-7-3-5-9-20(18)15-22/h2-15,23H,1H3. The highest BCUT2D eigenvalue weighted by Gasteiger charge is 2.18. The van der Waals surface area contributed by atoms with Crippen LogP contribution in [0.4, 0.5) is 0 Å². The molecule has 4 aromatic carbocycles. The fraction of sp³-hybridized carbons (Fsp3) is 0.0870. The molecule has 0 N–H and O–H groups in total. The number of rotatable bonds is 3. The van der Waals surface area contributed by atoms with E-state index in [1.54, 1.807) is 0 Å². The van der Waals surface area contributed by atoms with Gasteiger partial charge in [-0.1, -0.05) is 72.8 Å². The first-order valence-electron chi connectivity index (χ1n) is 8.35. The average Bonchev–Trinajstić information content (AvgIpc) is 2.65. The van der Waals surface area contributed by atoms with Crippen molar-refractivity contribution in [2.75, 3.05) is 0 Å². The first-order valence-corrected chi connectivity index (χ1v) is 8.35. The first-order chi connectivity index (χ1) is 12.2. The van der Waals surface area contributed by atoms with Crippen LogP contribution in [-0.4, -0.2) is 5.97 Å². The number of fused-ring (bicyclic) bond motifs is 2. The summed E-state index contributed by atoms with van der Waals surface area (Å²) < 4.78 is 5.68. The number of carbonyl (C=O) groups is 1. The number of benzene rings is 4. The molecular weight excluding hydrogens is 308 g/mol. The molecule has 0 saturated carbocycles. The van der Waals surface area contributed by atoms with Crippen LogP contribution < -0.4 is 0 Å². The van der Waals surface area contributed by atoms with Gasteiger partial charge in [-0.05, 0) is 44.8 Å². The summed E-state index contributed by atoms with van der Waals surface area (Å²) in [6, 6.07) is 28.8. The van der Waals surface area contributed by atoms with Crippen LogP contribution in [0.5, 0.6) is 0 Å². The quantitative estimate of drug-likeness (QED) is 0.455. The Morgan fingerprint density at radius 1 is 0.680 bits per heavy atom. The number of esters is 1. The zero-order chi connectivity index (χ0) is 17.2. The Balaban J connectivity index is 1.84. The highest BCUT2D eigenvalue weighted by atomic mass is 16.5. The molecule has 0 bridgehead atoms. The second-order valence-corrected chi connectivity index (χ2v) is 6.20. The van der Waals surface area contributed by atoms with Gasteiger partial charge in [-0.25, -0.2) is 0 Å². The summed E-state index contributed by atoms with van der Waals surface area (Å²) in [5.74, 6) is -0.286. The van der Waals surface area contributed by atoms with Crippen LogP contribution in [0.1, 0.15) is 24.2 Å². The van der Waals surface area contributed by atoms with Gasteiger partial charge in [0, 0.05) is 6.92 Å². The molecule has 0 aromatic heterocycles. The zero-order valence-corrected chi connectivity index (χ0v) is 14.0. The van der Waals surface area contributed by atoms with Gasteiger partial charge in [0.25, 0.3) is 0 Å². The molecule has 0 unspecified atom stereocenters. The predicted molar refractivity (Wildman–Crippen MR) is 102 cm³/mol. The molecular formula is C23H18O2. The smallest absolute Gasteiger partial charge is 0.303 e. The minimum absolute atomic E-state index is 0.286. The fourth-order valence-corrected chi connectivity index (χ4v) is 3.24. The van der Waals surface area contributed by atoms with E-state index in [0.29, 0.717) is 0 Å². The van der Waals surface area contributed by atoms with Crippen molar-refractivity contribution in [3.63, 3.8) is 0 Å². The van der Waals surface area contributed by atoms with Crippen molar-refractivity contribution >= 4 is 27.5 Å². The third-order valence-electron chi connectivity index (χ3n) is 4.44. The van der Waals surface area contributed by atoms with Crippen molar-refractivity contribution in [1.29, 1.82) is 0 Å².